The van der Waals surface area contributed by atoms with Gasteiger partial charge in [0.15, 0.2) is 0 Å². The van der Waals surface area contributed by atoms with E-state index >= 15 is 0 Å². The van der Waals surface area contributed by atoms with E-state index in [9.17, 15) is 8.42 Å². The molecule has 122 valence electrons. The first kappa shape index (κ1) is 14.9. The number of anilines is 1. The van der Waals surface area contributed by atoms with Gasteiger partial charge < -0.3 is 4.90 Å². The smallest absolute Gasteiger partial charge is 0.214 e. The SMILES string of the molecule is O=S(=O)(NC1CCCN(c2ccc3ccccc3n2)C1)C1CC1. The van der Waals surface area contributed by atoms with Crippen LogP contribution in [-0.2, 0) is 10.0 Å². The molecule has 1 saturated carbocycles. The molecule has 0 bridgehead atoms. The number of nitrogens with zero attached hydrogens (tertiary/aromatic N) is 2. The summed E-state index contributed by atoms with van der Waals surface area (Å²) in [4.78, 5) is 6.92. The highest BCUT2D eigenvalue weighted by atomic mass is 32.2. The van der Waals surface area contributed by atoms with E-state index in [2.05, 4.69) is 21.8 Å². The van der Waals surface area contributed by atoms with Gasteiger partial charge in [-0.15, -0.1) is 0 Å². The fraction of sp³-hybridized carbons (Fsp3) is 0.471. The third kappa shape index (κ3) is 3.19. The van der Waals surface area contributed by atoms with E-state index in [4.69, 9.17) is 4.98 Å². The number of benzene rings is 1. The van der Waals surface area contributed by atoms with Crippen molar-refractivity contribution in [2.45, 2.75) is 37.0 Å². The minimum atomic E-state index is -3.12. The van der Waals surface area contributed by atoms with Crippen molar-refractivity contribution >= 4 is 26.7 Å². The Morgan fingerprint density at radius 2 is 1.91 bits per heavy atom. The topological polar surface area (TPSA) is 62.3 Å². The molecule has 6 heteroatoms. The van der Waals surface area contributed by atoms with Crippen LogP contribution in [-0.4, -0.2) is 37.8 Å². The molecule has 2 heterocycles. The Kier molecular flexibility index (Phi) is 3.73. The van der Waals surface area contributed by atoms with Gasteiger partial charge in [-0.05, 0) is 43.9 Å². The largest absolute Gasteiger partial charge is 0.355 e. The van der Waals surface area contributed by atoms with Crippen LogP contribution >= 0.6 is 0 Å². The Bertz CT molecular complexity index is 817. The molecule has 1 unspecified atom stereocenters. The van der Waals surface area contributed by atoms with Crippen molar-refractivity contribution in [1.82, 2.24) is 9.71 Å². The molecule has 1 aliphatic heterocycles. The fourth-order valence-electron chi connectivity index (χ4n) is 3.22. The molecule has 0 amide bonds. The molecular weight excluding hydrogens is 310 g/mol. The van der Waals surface area contributed by atoms with Crippen LogP contribution in [0.3, 0.4) is 0 Å². The van der Waals surface area contributed by atoms with Crippen LogP contribution in [0.5, 0.6) is 0 Å². The number of aromatic nitrogens is 1. The Labute approximate surface area is 136 Å². The van der Waals surface area contributed by atoms with Crippen molar-refractivity contribution in [2.75, 3.05) is 18.0 Å². The predicted octanol–water partition coefficient (Wildman–Crippen LogP) is 2.29. The standard InChI is InChI=1S/C17H21N3O2S/c21-23(22,15-8-9-15)19-14-5-3-11-20(12-14)17-10-7-13-4-1-2-6-16(13)18-17/h1-2,4,6-7,10,14-15,19H,3,5,8-9,11-12H2. The third-order valence-electron chi connectivity index (χ3n) is 4.62. The summed E-state index contributed by atoms with van der Waals surface area (Å²) in [6, 6.07) is 12.2. The summed E-state index contributed by atoms with van der Waals surface area (Å²) in [6.07, 6.45) is 3.48. The summed E-state index contributed by atoms with van der Waals surface area (Å²) < 4.78 is 27.2. The van der Waals surface area contributed by atoms with Gasteiger partial charge in [0.2, 0.25) is 10.0 Å². The van der Waals surface area contributed by atoms with E-state index in [0.29, 0.717) is 6.54 Å². The molecule has 1 saturated heterocycles. The lowest BCUT2D eigenvalue weighted by Crippen LogP contribution is -2.48. The van der Waals surface area contributed by atoms with Gasteiger partial charge in [0, 0.05) is 24.5 Å². The van der Waals surface area contributed by atoms with Gasteiger partial charge in [-0.1, -0.05) is 18.2 Å². The Hall–Kier alpha value is -1.66. The number of hydrogen-bond acceptors (Lipinski definition) is 4. The van der Waals surface area contributed by atoms with Crippen molar-refractivity contribution in [3.05, 3.63) is 36.4 Å². The highest BCUT2D eigenvalue weighted by molar-refractivity contribution is 7.90. The van der Waals surface area contributed by atoms with E-state index in [-0.39, 0.29) is 11.3 Å². The summed E-state index contributed by atoms with van der Waals surface area (Å²) in [7, 11) is -3.12. The Morgan fingerprint density at radius 1 is 1.09 bits per heavy atom. The van der Waals surface area contributed by atoms with Gasteiger partial charge in [-0.25, -0.2) is 18.1 Å². The van der Waals surface area contributed by atoms with Crippen LogP contribution in [0.15, 0.2) is 36.4 Å². The second-order valence-electron chi connectivity index (χ2n) is 6.51. The van der Waals surface area contributed by atoms with Crippen molar-refractivity contribution in [1.29, 1.82) is 0 Å². The molecule has 1 aromatic heterocycles. The monoisotopic (exact) mass is 331 g/mol. The average molecular weight is 331 g/mol. The zero-order chi connectivity index (χ0) is 15.9. The third-order valence-corrected chi connectivity index (χ3v) is 6.63. The molecular formula is C17H21N3O2S. The van der Waals surface area contributed by atoms with Crippen LogP contribution in [0.25, 0.3) is 10.9 Å². The lowest BCUT2D eigenvalue weighted by molar-refractivity contribution is 0.464. The van der Waals surface area contributed by atoms with Crippen LogP contribution < -0.4 is 9.62 Å². The molecule has 4 rings (SSSR count). The van der Waals surface area contributed by atoms with E-state index in [1.807, 2.05) is 24.3 Å². The van der Waals surface area contributed by atoms with Crippen molar-refractivity contribution in [3.63, 3.8) is 0 Å². The molecule has 1 aliphatic carbocycles. The molecule has 1 atom stereocenters. The highest BCUT2D eigenvalue weighted by Gasteiger charge is 2.37. The van der Waals surface area contributed by atoms with E-state index in [1.165, 1.54) is 0 Å². The molecule has 1 aromatic carbocycles. The second-order valence-corrected chi connectivity index (χ2v) is 8.50. The maximum absolute atomic E-state index is 12.1. The summed E-state index contributed by atoms with van der Waals surface area (Å²) in [5.41, 5.74) is 0.977. The number of nitrogens with one attached hydrogen (secondary N) is 1. The number of rotatable bonds is 4. The van der Waals surface area contributed by atoms with Crippen molar-refractivity contribution < 1.29 is 8.42 Å². The maximum atomic E-state index is 12.1. The molecule has 0 radical (unpaired) electrons. The Balaban J connectivity index is 1.51. The molecule has 2 fully saturated rings. The number of pyridine rings is 1. The van der Waals surface area contributed by atoms with E-state index < -0.39 is 10.0 Å². The number of piperidine rings is 1. The molecule has 1 N–H and O–H groups in total. The average Bonchev–Trinajstić information content (AvgIpc) is 3.40. The number of fused-ring (bicyclic) bond motifs is 1. The molecule has 0 spiro atoms. The normalized spacial score (nSPS) is 22.4. The highest BCUT2D eigenvalue weighted by Crippen LogP contribution is 2.29. The summed E-state index contributed by atoms with van der Waals surface area (Å²) in [5.74, 6) is 0.930. The predicted molar refractivity (Wildman–Crippen MR) is 92.1 cm³/mol. The molecule has 23 heavy (non-hydrogen) atoms. The number of para-hydroxylation sites is 1. The number of sulfonamides is 1. The fourth-order valence-corrected chi connectivity index (χ4v) is 4.83. The van der Waals surface area contributed by atoms with E-state index in [0.717, 1.165) is 48.9 Å². The van der Waals surface area contributed by atoms with Crippen molar-refractivity contribution in [3.8, 4) is 0 Å². The lowest BCUT2D eigenvalue weighted by Gasteiger charge is -2.34. The quantitative estimate of drug-likeness (QED) is 0.934. The second kappa shape index (κ2) is 5.76. The molecule has 2 aliphatic rings. The maximum Gasteiger partial charge on any atom is 0.214 e. The summed E-state index contributed by atoms with van der Waals surface area (Å²) in [6.45, 7) is 1.62. The summed E-state index contributed by atoms with van der Waals surface area (Å²) >= 11 is 0. The number of hydrogen-bond donors (Lipinski definition) is 1. The first-order chi connectivity index (χ1) is 11.1. The van der Waals surface area contributed by atoms with Crippen LogP contribution in [0.4, 0.5) is 5.82 Å². The van der Waals surface area contributed by atoms with Crippen LogP contribution in [0.2, 0.25) is 0 Å². The van der Waals surface area contributed by atoms with Crippen molar-refractivity contribution in [2.24, 2.45) is 0 Å². The summed E-state index contributed by atoms with van der Waals surface area (Å²) in [5, 5.41) is 0.968. The van der Waals surface area contributed by atoms with Crippen LogP contribution in [0, 0.1) is 0 Å². The zero-order valence-corrected chi connectivity index (χ0v) is 13.8. The minimum absolute atomic E-state index is 0.0115. The van der Waals surface area contributed by atoms with Gasteiger partial charge in [0.05, 0.1) is 10.8 Å². The first-order valence-electron chi connectivity index (χ1n) is 8.24. The van der Waals surface area contributed by atoms with Gasteiger partial charge in [0.1, 0.15) is 5.82 Å². The lowest BCUT2D eigenvalue weighted by atomic mass is 10.1. The van der Waals surface area contributed by atoms with Gasteiger partial charge in [-0.3, -0.25) is 0 Å². The molecule has 2 aromatic rings. The zero-order valence-electron chi connectivity index (χ0n) is 13.0. The Morgan fingerprint density at radius 3 is 2.74 bits per heavy atom. The minimum Gasteiger partial charge on any atom is -0.355 e. The van der Waals surface area contributed by atoms with Gasteiger partial charge in [0.25, 0.3) is 0 Å². The van der Waals surface area contributed by atoms with Crippen LogP contribution in [0.1, 0.15) is 25.7 Å². The molecule has 5 nitrogen and oxygen atoms in total. The van der Waals surface area contributed by atoms with Gasteiger partial charge in [-0.2, -0.15) is 0 Å². The van der Waals surface area contributed by atoms with E-state index in [1.54, 1.807) is 0 Å². The van der Waals surface area contributed by atoms with Gasteiger partial charge >= 0.3 is 0 Å². The first-order valence-corrected chi connectivity index (χ1v) is 9.78.